The second kappa shape index (κ2) is 9.14. The summed E-state index contributed by atoms with van der Waals surface area (Å²) in [5.74, 6) is -0.836. The lowest BCUT2D eigenvalue weighted by molar-refractivity contribution is -0.133. The number of nitrogens with one attached hydrogen (secondary N) is 2. The fraction of sp³-hybridized carbons (Fsp3) is 0.500. The number of rotatable bonds is 5. The quantitative estimate of drug-likeness (QED) is 0.703. The molecule has 2 aromatic rings. The Balaban J connectivity index is 1.48. The van der Waals surface area contributed by atoms with Gasteiger partial charge in [-0.05, 0) is 25.3 Å². The third-order valence-corrected chi connectivity index (χ3v) is 6.71. The molecule has 4 rings (SSSR count). The number of nitrogens with zero attached hydrogens (tertiary/aromatic N) is 3. The van der Waals surface area contributed by atoms with Gasteiger partial charge < -0.3 is 15.5 Å². The van der Waals surface area contributed by atoms with E-state index in [2.05, 4.69) is 15.7 Å². The smallest absolute Gasteiger partial charge is 0.272 e. The van der Waals surface area contributed by atoms with Crippen LogP contribution in [0, 0.1) is 0 Å². The van der Waals surface area contributed by atoms with Gasteiger partial charge in [-0.25, -0.2) is 0 Å². The fourth-order valence-electron chi connectivity index (χ4n) is 4.47. The van der Waals surface area contributed by atoms with Gasteiger partial charge >= 0.3 is 0 Å². The van der Waals surface area contributed by atoms with Crippen LogP contribution >= 0.6 is 0 Å². The molecule has 1 fully saturated rings. The second-order valence-electron chi connectivity index (χ2n) is 9.04. The van der Waals surface area contributed by atoms with Crippen molar-refractivity contribution < 1.29 is 14.4 Å². The fourth-order valence-corrected chi connectivity index (χ4v) is 4.47. The van der Waals surface area contributed by atoms with E-state index in [4.69, 9.17) is 0 Å². The Kier molecular flexibility index (Phi) is 6.30. The summed E-state index contributed by atoms with van der Waals surface area (Å²) in [5, 5.41) is 10.4. The van der Waals surface area contributed by atoms with Crippen molar-refractivity contribution in [1.82, 2.24) is 25.3 Å². The zero-order chi connectivity index (χ0) is 22.7. The molecule has 170 valence electrons. The number of hydrogen-bond acceptors (Lipinski definition) is 4. The second-order valence-corrected chi connectivity index (χ2v) is 9.04. The zero-order valence-corrected chi connectivity index (χ0v) is 18.8. The van der Waals surface area contributed by atoms with E-state index in [0.29, 0.717) is 12.2 Å². The van der Waals surface area contributed by atoms with Gasteiger partial charge in [-0.15, -0.1) is 0 Å². The lowest BCUT2D eigenvalue weighted by Crippen LogP contribution is -2.63. The van der Waals surface area contributed by atoms with Gasteiger partial charge in [0, 0.05) is 25.7 Å². The Bertz CT molecular complexity index is 994. The van der Waals surface area contributed by atoms with E-state index >= 15 is 0 Å². The van der Waals surface area contributed by atoms with Gasteiger partial charge in [0.15, 0.2) is 5.69 Å². The molecular formula is C24H31N5O3. The molecule has 32 heavy (non-hydrogen) atoms. The molecule has 2 aliphatic rings. The van der Waals surface area contributed by atoms with Gasteiger partial charge in [-0.2, -0.15) is 5.10 Å². The van der Waals surface area contributed by atoms with Crippen LogP contribution in [0.3, 0.4) is 0 Å². The Morgan fingerprint density at radius 2 is 1.81 bits per heavy atom. The molecule has 1 aliphatic heterocycles. The van der Waals surface area contributed by atoms with Crippen molar-refractivity contribution in [3.05, 3.63) is 53.3 Å². The van der Waals surface area contributed by atoms with Crippen LogP contribution in [-0.2, 0) is 17.9 Å². The predicted molar refractivity (Wildman–Crippen MR) is 120 cm³/mol. The van der Waals surface area contributed by atoms with Crippen molar-refractivity contribution in [1.29, 1.82) is 0 Å². The summed E-state index contributed by atoms with van der Waals surface area (Å²) in [6.45, 7) is 2.34. The number of aromatic nitrogens is 2. The molecule has 1 aromatic carbocycles. The molecule has 2 N–H and O–H groups in total. The molecule has 1 atom stereocenters. The maximum Gasteiger partial charge on any atom is 0.272 e. The van der Waals surface area contributed by atoms with Crippen molar-refractivity contribution in [2.24, 2.45) is 0 Å². The highest BCUT2D eigenvalue weighted by molar-refractivity contribution is 6.01. The maximum atomic E-state index is 13.2. The van der Waals surface area contributed by atoms with Crippen molar-refractivity contribution in [2.45, 2.75) is 70.1 Å². The Hall–Kier alpha value is -3.16. The lowest BCUT2D eigenvalue weighted by atomic mass is 9.95. The molecule has 0 spiro atoms. The SMILES string of the molecule is CN1C(=O)c2cc(C(=O)NCc3ccccc3)nn2C[C@@]1(C)C(=O)NC1CCCCCC1. The number of amides is 3. The molecule has 0 bridgehead atoms. The van der Waals surface area contributed by atoms with Crippen LogP contribution in [0.5, 0.6) is 0 Å². The van der Waals surface area contributed by atoms with E-state index in [0.717, 1.165) is 31.2 Å². The minimum atomic E-state index is -1.07. The maximum absolute atomic E-state index is 13.2. The Morgan fingerprint density at radius 3 is 2.50 bits per heavy atom. The topological polar surface area (TPSA) is 96.3 Å². The van der Waals surface area contributed by atoms with Crippen molar-refractivity contribution in [3.63, 3.8) is 0 Å². The Labute approximate surface area is 188 Å². The van der Waals surface area contributed by atoms with Gasteiger partial charge in [0.2, 0.25) is 5.91 Å². The molecule has 1 saturated carbocycles. The zero-order valence-electron chi connectivity index (χ0n) is 18.8. The molecule has 3 amide bonds. The van der Waals surface area contributed by atoms with Crippen LogP contribution in [0.2, 0.25) is 0 Å². The normalized spacial score (nSPS) is 21.6. The molecule has 8 heteroatoms. The van der Waals surface area contributed by atoms with Crippen LogP contribution in [0.25, 0.3) is 0 Å². The minimum Gasteiger partial charge on any atom is -0.351 e. The lowest BCUT2D eigenvalue weighted by Gasteiger charge is -2.41. The minimum absolute atomic E-state index is 0.142. The number of fused-ring (bicyclic) bond motifs is 1. The summed E-state index contributed by atoms with van der Waals surface area (Å²) in [6, 6.07) is 11.2. The first-order chi connectivity index (χ1) is 15.4. The van der Waals surface area contributed by atoms with E-state index < -0.39 is 5.54 Å². The highest BCUT2D eigenvalue weighted by Gasteiger charge is 2.46. The van der Waals surface area contributed by atoms with E-state index in [-0.39, 0.29) is 36.0 Å². The average Bonchev–Trinajstić information content (AvgIpc) is 3.05. The summed E-state index contributed by atoms with van der Waals surface area (Å²) < 4.78 is 1.49. The molecule has 2 heterocycles. The molecule has 8 nitrogen and oxygen atoms in total. The first-order valence-electron chi connectivity index (χ1n) is 11.4. The van der Waals surface area contributed by atoms with E-state index in [1.54, 1.807) is 14.0 Å². The summed E-state index contributed by atoms with van der Waals surface area (Å²) in [6.07, 6.45) is 6.57. The van der Waals surface area contributed by atoms with E-state index in [1.165, 1.54) is 28.5 Å². The van der Waals surface area contributed by atoms with Crippen LogP contribution in [-0.4, -0.2) is 51.0 Å². The number of carbonyl (C=O) groups excluding carboxylic acids is 3. The average molecular weight is 438 g/mol. The molecule has 1 aromatic heterocycles. The van der Waals surface area contributed by atoms with Crippen molar-refractivity contribution in [2.75, 3.05) is 7.05 Å². The summed E-state index contributed by atoms with van der Waals surface area (Å²) in [7, 11) is 1.64. The monoisotopic (exact) mass is 437 g/mol. The molecule has 0 radical (unpaired) electrons. The summed E-state index contributed by atoms with van der Waals surface area (Å²) in [5.41, 5.74) is 0.395. The van der Waals surface area contributed by atoms with Gasteiger partial charge in [-0.1, -0.05) is 56.0 Å². The summed E-state index contributed by atoms with van der Waals surface area (Å²) >= 11 is 0. The Morgan fingerprint density at radius 1 is 1.12 bits per heavy atom. The first kappa shape index (κ1) is 22.0. The third-order valence-electron chi connectivity index (χ3n) is 6.71. The van der Waals surface area contributed by atoms with Crippen molar-refractivity contribution >= 4 is 17.7 Å². The van der Waals surface area contributed by atoms with E-state index in [1.807, 2.05) is 30.3 Å². The third kappa shape index (κ3) is 4.40. The number of benzene rings is 1. The molecular weight excluding hydrogens is 406 g/mol. The van der Waals surface area contributed by atoms with Gasteiger partial charge in [-0.3, -0.25) is 19.1 Å². The molecule has 0 saturated heterocycles. The van der Waals surface area contributed by atoms with Crippen LogP contribution in [0.1, 0.15) is 72.0 Å². The van der Waals surface area contributed by atoms with Crippen LogP contribution in [0.4, 0.5) is 0 Å². The highest BCUT2D eigenvalue weighted by atomic mass is 16.2. The largest absolute Gasteiger partial charge is 0.351 e. The molecule has 0 unspecified atom stereocenters. The van der Waals surface area contributed by atoms with E-state index in [9.17, 15) is 14.4 Å². The first-order valence-corrected chi connectivity index (χ1v) is 11.4. The molecule has 1 aliphatic carbocycles. The summed E-state index contributed by atoms with van der Waals surface area (Å²) in [4.78, 5) is 40.4. The number of hydrogen-bond donors (Lipinski definition) is 2. The number of carbonyl (C=O) groups is 3. The van der Waals surface area contributed by atoms with Crippen LogP contribution in [0.15, 0.2) is 36.4 Å². The standard InChI is InChI=1S/C24H31N5O3/c1-24(23(32)26-18-12-8-3-4-9-13-18)16-29-20(22(31)28(24)2)14-19(27-29)21(30)25-15-17-10-6-5-7-11-17/h5-7,10-11,14,18H,3-4,8-9,12-13,15-16H2,1-2H3,(H,25,30)(H,26,32)/t24-/m0/s1. The van der Waals surface area contributed by atoms with Gasteiger partial charge in [0.05, 0.1) is 6.54 Å². The van der Waals surface area contributed by atoms with Gasteiger partial charge in [0.1, 0.15) is 11.2 Å². The highest BCUT2D eigenvalue weighted by Crippen LogP contribution is 2.27. The van der Waals surface area contributed by atoms with Crippen molar-refractivity contribution in [3.8, 4) is 0 Å². The van der Waals surface area contributed by atoms with Gasteiger partial charge in [0.25, 0.3) is 11.8 Å². The number of likely N-dealkylation sites (N-methyl/N-ethyl adjacent to an activating group) is 1. The predicted octanol–water partition coefficient (Wildman–Crippen LogP) is 2.50. The van der Waals surface area contributed by atoms with Crippen LogP contribution < -0.4 is 10.6 Å².